The van der Waals surface area contributed by atoms with Crippen molar-refractivity contribution in [2.75, 3.05) is 29.0 Å². The van der Waals surface area contributed by atoms with Crippen LogP contribution in [0.3, 0.4) is 0 Å². The zero-order valence-corrected chi connectivity index (χ0v) is 17.5. The lowest BCUT2D eigenvalue weighted by atomic mass is 10.1. The van der Waals surface area contributed by atoms with Gasteiger partial charge in [0.2, 0.25) is 0 Å². The number of carbonyl (C=O) groups excluding carboxylic acids is 1. The van der Waals surface area contributed by atoms with Crippen LogP contribution >= 0.6 is 11.6 Å². The van der Waals surface area contributed by atoms with E-state index in [-0.39, 0.29) is 16.1 Å². The van der Waals surface area contributed by atoms with Crippen LogP contribution in [0, 0.1) is 0 Å². The quantitative estimate of drug-likeness (QED) is 0.606. The molecular formula is C21H20ClN3O3S. The molecule has 0 atom stereocenters. The second kappa shape index (κ2) is 8.55. The van der Waals surface area contributed by atoms with Crippen molar-refractivity contribution < 1.29 is 13.2 Å². The highest BCUT2D eigenvalue weighted by Gasteiger charge is 2.19. The van der Waals surface area contributed by atoms with Gasteiger partial charge in [-0.05, 0) is 54.6 Å². The highest BCUT2D eigenvalue weighted by molar-refractivity contribution is 7.92. The molecule has 3 aromatic rings. The van der Waals surface area contributed by atoms with Crippen LogP contribution in [0.15, 0.2) is 77.7 Å². The third kappa shape index (κ3) is 5.07. The van der Waals surface area contributed by atoms with Crippen molar-refractivity contribution in [3.8, 4) is 0 Å². The molecular weight excluding hydrogens is 410 g/mol. The number of anilines is 3. The third-order valence-electron chi connectivity index (χ3n) is 4.17. The Kier molecular flexibility index (Phi) is 6.10. The summed E-state index contributed by atoms with van der Waals surface area (Å²) in [7, 11) is -0.00619. The Morgan fingerprint density at radius 3 is 2.21 bits per heavy atom. The maximum Gasteiger partial charge on any atom is 0.261 e. The molecule has 0 saturated carbocycles. The van der Waals surface area contributed by atoms with Gasteiger partial charge >= 0.3 is 0 Å². The van der Waals surface area contributed by atoms with Gasteiger partial charge in [0.25, 0.3) is 15.9 Å². The molecule has 0 aliphatic heterocycles. The van der Waals surface area contributed by atoms with Crippen molar-refractivity contribution in [3.63, 3.8) is 0 Å². The van der Waals surface area contributed by atoms with Gasteiger partial charge in [-0.25, -0.2) is 8.42 Å². The zero-order valence-electron chi connectivity index (χ0n) is 15.9. The molecule has 0 aromatic heterocycles. The lowest BCUT2D eigenvalue weighted by Gasteiger charge is -2.15. The monoisotopic (exact) mass is 429 g/mol. The standard InChI is InChI=1S/C21H20ClN3O3S/c1-25(2)17-11-9-16(10-12-17)23-21(26)19-14-15(22)8-13-20(19)24-29(27,28)18-6-4-3-5-7-18/h3-14,24H,1-2H3,(H,23,26). The Bertz CT molecular complexity index is 1120. The molecule has 0 aliphatic carbocycles. The number of nitrogens with one attached hydrogen (secondary N) is 2. The molecule has 6 nitrogen and oxygen atoms in total. The summed E-state index contributed by atoms with van der Waals surface area (Å²) >= 11 is 6.04. The Labute approximate surface area is 175 Å². The normalized spacial score (nSPS) is 11.0. The molecule has 29 heavy (non-hydrogen) atoms. The van der Waals surface area contributed by atoms with Crippen LogP contribution in [0.2, 0.25) is 5.02 Å². The average Bonchev–Trinajstić information content (AvgIpc) is 2.70. The van der Waals surface area contributed by atoms with Crippen molar-refractivity contribution in [1.82, 2.24) is 0 Å². The van der Waals surface area contributed by atoms with Gasteiger partial charge in [-0.3, -0.25) is 9.52 Å². The van der Waals surface area contributed by atoms with Crippen LogP contribution in [0.5, 0.6) is 0 Å². The molecule has 3 aromatic carbocycles. The predicted molar refractivity (Wildman–Crippen MR) is 117 cm³/mol. The van der Waals surface area contributed by atoms with E-state index in [1.54, 1.807) is 30.3 Å². The number of nitrogens with zero attached hydrogens (tertiary/aromatic N) is 1. The predicted octanol–water partition coefficient (Wildman–Crippen LogP) is 4.46. The number of amides is 1. The molecule has 0 radical (unpaired) electrons. The highest BCUT2D eigenvalue weighted by atomic mass is 35.5. The molecule has 0 spiro atoms. The fraction of sp³-hybridized carbons (Fsp3) is 0.0952. The van der Waals surface area contributed by atoms with Crippen molar-refractivity contribution in [2.45, 2.75) is 4.90 Å². The van der Waals surface area contributed by atoms with E-state index >= 15 is 0 Å². The Hall–Kier alpha value is -3.03. The number of halogens is 1. The van der Waals surface area contributed by atoms with E-state index in [4.69, 9.17) is 11.6 Å². The first kappa shape index (κ1) is 20.7. The topological polar surface area (TPSA) is 78.5 Å². The molecule has 2 N–H and O–H groups in total. The average molecular weight is 430 g/mol. The van der Waals surface area contributed by atoms with E-state index in [1.165, 1.54) is 30.3 Å². The minimum absolute atomic E-state index is 0.0978. The van der Waals surface area contributed by atoms with Crippen LogP contribution in [0.25, 0.3) is 0 Å². The fourth-order valence-electron chi connectivity index (χ4n) is 2.64. The van der Waals surface area contributed by atoms with Gasteiger partial charge in [-0.2, -0.15) is 0 Å². The SMILES string of the molecule is CN(C)c1ccc(NC(=O)c2cc(Cl)ccc2NS(=O)(=O)c2ccccc2)cc1. The van der Waals surface area contributed by atoms with E-state index in [0.717, 1.165) is 5.69 Å². The molecule has 150 valence electrons. The van der Waals surface area contributed by atoms with E-state index in [9.17, 15) is 13.2 Å². The summed E-state index contributed by atoms with van der Waals surface area (Å²) in [6.45, 7) is 0. The van der Waals surface area contributed by atoms with Crippen molar-refractivity contribution >= 4 is 44.6 Å². The molecule has 0 heterocycles. The van der Waals surface area contributed by atoms with E-state index in [1.807, 2.05) is 31.1 Å². The van der Waals surface area contributed by atoms with Crippen molar-refractivity contribution in [3.05, 3.63) is 83.4 Å². The van der Waals surface area contributed by atoms with Gasteiger partial charge in [0, 0.05) is 30.5 Å². The maximum absolute atomic E-state index is 12.8. The first-order valence-electron chi connectivity index (χ1n) is 8.72. The summed E-state index contributed by atoms with van der Waals surface area (Å²) in [5.74, 6) is -0.476. The van der Waals surface area contributed by atoms with Crippen LogP contribution in [0.4, 0.5) is 17.1 Å². The summed E-state index contributed by atoms with van der Waals surface area (Å²) in [6, 6.07) is 19.6. The number of carbonyl (C=O) groups is 1. The molecule has 1 amide bonds. The third-order valence-corrected chi connectivity index (χ3v) is 5.78. The number of sulfonamides is 1. The van der Waals surface area contributed by atoms with E-state index in [0.29, 0.717) is 10.7 Å². The summed E-state index contributed by atoms with van der Waals surface area (Å²) in [5, 5.41) is 3.09. The largest absolute Gasteiger partial charge is 0.378 e. The van der Waals surface area contributed by atoms with E-state index < -0.39 is 15.9 Å². The molecule has 0 aliphatic rings. The minimum atomic E-state index is -3.85. The number of hydrogen-bond donors (Lipinski definition) is 2. The maximum atomic E-state index is 12.8. The molecule has 8 heteroatoms. The first-order chi connectivity index (χ1) is 13.8. The zero-order chi connectivity index (χ0) is 21.0. The van der Waals surface area contributed by atoms with Crippen molar-refractivity contribution in [2.24, 2.45) is 0 Å². The summed E-state index contributed by atoms with van der Waals surface area (Å²) < 4.78 is 27.7. The van der Waals surface area contributed by atoms with Crippen LogP contribution in [-0.4, -0.2) is 28.4 Å². The molecule has 0 fully saturated rings. The minimum Gasteiger partial charge on any atom is -0.378 e. The highest BCUT2D eigenvalue weighted by Crippen LogP contribution is 2.25. The van der Waals surface area contributed by atoms with E-state index in [2.05, 4.69) is 10.0 Å². The lowest BCUT2D eigenvalue weighted by molar-refractivity contribution is 0.102. The fourth-order valence-corrected chi connectivity index (χ4v) is 3.91. The molecule has 0 unspecified atom stereocenters. The van der Waals surface area contributed by atoms with Crippen LogP contribution < -0.4 is 14.9 Å². The summed E-state index contributed by atoms with van der Waals surface area (Å²) in [5.41, 5.74) is 1.83. The molecule has 0 bridgehead atoms. The number of benzene rings is 3. The van der Waals surface area contributed by atoms with Gasteiger partial charge in [-0.1, -0.05) is 29.8 Å². The number of hydrogen-bond acceptors (Lipinski definition) is 4. The van der Waals surface area contributed by atoms with Gasteiger partial charge in [0.15, 0.2) is 0 Å². The Balaban J connectivity index is 1.87. The van der Waals surface area contributed by atoms with Gasteiger partial charge in [0.05, 0.1) is 16.1 Å². The second-order valence-electron chi connectivity index (χ2n) is 6.50. The van der Waals surface area contributed by atoms with Crippen molar-refractivity contribution in [1.29, 1.82) is 0 Å². The summed E-state index contributed by atoms with van der Waals surface area (Å²) in [4.78, 5) is 14.9. The first-order valence-corrected chi connectivity index (χ1v) is 10.6. The van der Waals surface area contributed by atoms with Gasteiger partial charge in [0.1, 0.15) is 0 Å². The smallest absolute Gasteiger partial charge is 0.261 e. The second-order valence-corrected chi connectivity index (χ2v) is 8.62. The molecule has 3 rings (SSSR count). The van der Waals surface area contributed by atoms with Crippen LogP contribution in [-0.2, 0) is 10.0 Å². The lowest BCUT2D eigenvalue weighted by Crippen LogP contribution is -2.18. The molecule has 0 saturated heterocycles. The van der Waals surface area contributed by atoms with Gasteiger partial charge < -0.3 is 10.2 Å². The Morgan fingerprint density at radius 2 is 1.59 bits per heavy atom. The van der Waals surface area contributed by atoms with Gasteiger partial charge in [-0.15, -0.1) is 0 Å². The number of rotatable bonds is 6. The summed E-state index contributed by atoms with van der Waals surface area (Å²) in [6.07, 6.45) is 0. The Morgan fingerprint density at radius 1 is 0.931 bits per heavy atom. The van der Waals surface area contributed by atoms with Crippen LogP contribution in [0.1, 0.15) is 10.4 Å².